The second-order valence-electron chi connectivity index (χ2n) is 5.53. The summed E-state index contributed by atoms with van der Waals surface area (Å²) in [6.45, 7) is 5.78. The Bertz CT molecular complexity index is 939. The molecule has 0 atom stereocenters. The van der Waals surface area contributed by atoms with Crippen molar-refractivity contribution in [2.75, 3.05) is 18.0 Å². The standard InChI is InChI=1S/C20H19NO3/c1-3-21(4-2)17-8-6-5-7-16(17)20(23)15-10-9-14-11-12-19(22)24-18(14)13-15/h5-13H,3-4H2,1-2H3. The number of ketones is 1. The Kier molecular flexibility index (Phi) is 4.47. The lowest BCUT2D eigenvalue weighted by atomic mass is 10.00. The molecule has 0 fully saturated rings. The smallest absolute Gasteiger partial charge is 0.336 e. The molecule has 0 N–H and O–H groups in total. The van der Waals surface area contributed by atoms with Gasteiger partial charge in [0, 0.05) is 41.4 Å². The van der Waals surface area contributed by atoms with Gasteiger partial charge in [0.15, 0.2) is 5.78 Å². The Balaban J connectivity index is 2.08. The number of carbonyl (C=O) groups excluding carboxylic acids is 1. The normalized spacial score (nSPS) is 10.8. The molecule has 2 aromatic carbocycles. The maximum absolute atomic E-state index is 13.0. The zero-order chi connectivity index (χ0) is 17.1. The van der Waals surface area contributed by atoms with Gasteiger partial charge in [-0.3, -0.25) is 4.79 Å². The van der Waals surface area contributed by atoms with Crippen LogP contribution >= 0.6 is 0 Å². The van der Waals surface area contributed by atoms with E-state index in [1.165, 1.54) is 6.07 Å². The Morgan fingerprint density at radius 2 is 1.71 bits per heavy atom. The molecule has 0 saturated heterocycles. The highest BCUT2D eigenvalue weighted by atomic mass is 16.4. The third-order valence-corrected chi connectivity index (χ3v) is 4.14. The molecule has 4 heteroatoms. The maximum Gasteiger partial charge on any atom is 0.336 e. The average molecular weight is 321 g/mol. The molecule has 3 aromatic rings. The van der Waals surface area contributed by atoms with Crippen LogP contribution in [0.2, 0.25) is 0 Å². The summed E-state index contributed by atoms with van der Waals surface area (Å²) in [5.41, 5.74) is 2.08. The van der Waals surface area contributed by atoms with Crippen molar-refractivity contribution in [1.29, 1.82) is 0 Å². The number of para-hydroxylation sites is 1. The quantitative estimate of drug-likeness (QED) is 0.529. The van der Waals surface area contributed by atoms with Crippen LogP contribution in [0.4, 0.5) is 5.69 Å². The summed E-state index contributed by atoms with van der Waals surface area (Å²) in [5.74, 6) is -0.0779. The highest BCUT2D eigenvalue weighted by molar-refractivity contribution is 6.13. The van der Waals surface area contributed by atoms with Gasteiger partial charge < -0.3 is 9.32 Å². The molecule has 3 rings (SSSR count). The zero-order valence-electron chi connectivity index (χ0n) is 13.8. The van der Waals surface area contributed by atoms with Crippen molar-refractivity contribution in [2.45, 2.75) is 13.8 Å². The number of rotatable bonds is 5. The summed E-state index contributed by atoms with van der Waals surface area (Å²) in [7, 11) is 0. The van der Waals surface area contributed by atoms with Crippen molar-refractivity contribution in [3.8, 4) is 0 Å². The molecule has 122 valence electrons. The minimum atomic E-state index is -0.421. The largest absolute Gasteiger partial charge is 0.423 e. The molecule has 1 heterocycles. The fourth-order valence-corrected chi connectivity index (χ4v) is 2.86. The first-order valence-electron chi connectivity index (χ1n) is 8.06. The third kappa shape index (κ3) is 2.95. The average Bonchev–Trinajstić information content (AvgIpc) is 2.62. The molecule has 0 bridgehead atoms. The topological polar surface area (TPSA) is 50.5 Å². The van der Waals surface area contributed by atoms with Gasteiger partial charge in [-0.1, -0.05) is 24.3 Å². The highest BCUT2D eigenvalue weighted by Gasteiger charge is 2.17. The van der Waals surface area contributed by atoms with Crippen LogP contribution in [0.3, 0.4) is 0 Å². The lowest BCUT2D eigenvalue weighted by molar-refractivity contribution is 0.103. The van der Waals surface area contributed by atoms with Gasteiger partial charge in [0.05, 0.1) is 0 Å². The van der Waals surface area contributed by atoms with Gasteiger partial charge in [-0.15, -0.1) is 0 Å². The van der Waals surface area contributed by atoms with Crippen LogP contribution in [-0.2, 0) is 0 Å². The van der Waals surface area contributed by atoms with Crippen LogP contribution in [-0.4, -0.2) is 18.9 Å². The van der Waals surface area contributed by atoms with Gasteiger partial charge in [-0.05, 0) is 38.1 Å². The predicted molar refractivity (Wildman–Crippen MR) is 95.9 cm³/mol. The third-order valence-electron chi connectivity index (χ3n) is 4.14. The molecular formula is C20H19NO3. The van der Waals surface area contributed by atoms with E-state index in [9.17, 15) is 9.59 Å². The molecule has 1 aromatic heterocycles. The first kappa shape index (κ1) is 16.0. The lowest BCUT2D eigenvalue weighted by Crippen LogP contribution is -2.24. The molecule has 0 amide bonds. The number of anilines is 1. The fraction of sp³-hybridized carbons (Fsp3) is 0.200. The molecule has 0 aliphatic rings. The van der Waals surface area contributed by atoms with E-state index in [1.807, 2.05) is 24.3 Å². The van der Waals surface area contributed by atoms with Crippen molar-refractivity contribution in [3.05, 3.63) is 76.1 Å². The van der Waals surface area contributed by atoms with Crippen molar-refractivity contribution >= 4 is 22.4 Å². The predicted octanol–water partition coefficient (Wildman–Crippen LogP) is 3.87. The second-order valence-corrected chi connectivity index (χ2v) is 5.53. The number of carbonyl (C=O) groups is 1. The first-order valence-corrected chi connectivity index (χ1v) is 8.06. The van der Waals surface area contributed by atoms with E-state index >= 15 is 0 Å². The van der Waals surface area contributed by atoms with Gasteiger partial charge in [-0.25, -0.2) is 4.79 Å². The molecule has 0 aliphatic heterocycles. The number of benzene rings is 2. The van der Waals surface area contributed by atoms with Crippen LogP contribution in [0.25, 0.3) is 11.0 Å². The Morgan fingerprint density at radius 1 is 1.00 bits per heavy atom. The Morgan fingerprint density at radius 3 is 2.46 bits per heavy atom. The molecule has 4 nitrogen and oxygen atoms in total. The monoisotopic (exact) mass is 321 g/mol. The molecule has 0 spiro atoms. The molecule has 0 aliphatic carbocycles. The molecular weight excluding hydrogens is 302 g/mol. The Hall–Kier alpha value is -2.88. The van der Waals surface area contributed by atoms with Crippen molar-refractivity contribution in [1.82, 2.24) is 0 Å². The maximum atomic E-state index is 13.0. The van der Waals surface area contributed by atoms with Crippen LogP contribution in [0, 0.1) is 0 Å². The summed E-state index contributed by atoms with van der Waals surface area (Å²) in [6, 6.07) is 15.9. The highest BCUT2D eigenvalue weighted by Crippen LogP contribution is 2.24. The van der Waals surface area contributed by atoms with Crippen molar-refractivity contribution in [3.63, 3.8) is 0 Å². The minimum Gasteiger partial charge on any atom is -0.423 e. The Labute approximate surface area is 140 Å². The minimum absolute atomic E-state index is 0.0779. The van der Waals surface area contributed by atoms with Crippen LogP contribution in [0.5, 0.6) is 0 Å². The van der Waals surface area contributed by atoms with E-state index in [4.69, 9.17) is 4.42 Å². The molecule has 0 radical (unpaired) electrons. The summed E-state index contributed by atoms with van der Waals surface area (Å²) in [4.78, 5) is 26.5. The van der Waals surface area contributed by atoms with Crippen LogP contribution in [0.1, 0.15) is 29.8 Å². The van der Waals surface area contributed by atoms with Gasteiger partial charge in [0.25, 0.3) is 0 Å². The molecule has 0 unspecified atom stereocenters. The second kappa shape index (κ2) is 6.71. The number of hydrogen-bond acceptors (Lipinski definition) is 4. The van der Waals surface area contributed by atoms with Crippen molar-refractivity contribution < 1.29 is 9.21 Å². The summed E-state index contributed by atoms with van der Waals surface area (Å²) < 4.78 is 5.19. The van der Waals surface area contributed by atoms with Crippen molar-refractivity contribution in [2.24, 2.45) is 0 Å². The summed E-state index contributed by atoms with van der Waals surface area (Å²) in [5, 5.41) is 0.795. The van der Waals surface area contributed by atoms with E-state index in [0.29, 0.717) is 16.7 Å². The fourth-order valence-electron chi connectivity index (χ4n) is 2.86. The van der Waals surface area contributed by atoms with Crippen LogP contribution in [0.15, 0.2) is 63.8 Å². The zero-order valence-corrected chi connectivity index (χ0v) is 13.8. The van der Waals surface area contributed by atoms with Gasteiger partial charge in [0.2, 0.25) is 0 Å². The van der Waals surface area contributed by atoms with E-state index in [2.05, 4.69) is 18.7 Å². The van der Waals surface area contributed by atoms with Gasteiger partial charge >= 0.3 is 5.63 Å². The SMILES string of the molecule is CCN(CC)c1ccccc1C(=O)c1ccc2ccc(=O)oc2c1. The van der Waals surface area contributed by atoms with E-state index in [0.717, 1.165) is 24.2 Å². The van der Waals surface area contributed by atoms with Crippen LogP contribution < -0.4 is 10.5 Å². The summed E-state index contributed by atoms with van der Waals surface area (Å²) in [6.07, 6.45) is 0. The number of hydrogen-bond donors (Lipinski definition) is 0. The molecule has 24 heavy (non-hydrogen) atoms. The number of fused-ring (bicyclic) bond motifs is 1. The van der Waals surface area contributed by atoms with Gasteiger partial charge in [-0.2, -0.15) is 0 Å². The van der Waals surface area contributed by atoms with Gasteiger partial charge in [0.1, 0.15) is 5.58 Å². The lowest BCUT2D eigenvalue weighted by Gasteiger charge is -2.23. The summed E-state index contributed by atoms with van der Waals surface area (Å²) >= 11 is 0. The molecule has 0 saturated carbocycles. The first-order chi connectivity index (χ1) is 11.6. The van der Waals surface area contributed by atoms with E-state index < -0.39 is 5.63 Å². The van der Waals surface area contributed by atoms with E-state index in [-0.39, 0.29) is 5.78 Å². The number of nitrogens with zero attached hydrogens (tertiary/aromatic N) is 1. The van der Waals surface area contributed by atoms with E-state index in [1.54, 1.807) is 24.3 Å².